The molecule has 0 unspecified atom stereocenters. The summed E-state index contributed by atoms with van der Waals surface area (Å²) in [6.07, 6.45) is -0.254. The molecule has 0 saturated carbocycles. The van der Waals surface area contributed by atoms with Gasteiger partial charge in [0.05, 0.1) is 26.4 Å². The summed E-state index contributed by atoms with van der Waals surface area (Å²) in [5.41, 5.74) is 1.24. The molecule has 1 aliphatic rings. The summed E-state index contributed by atoms with van der Waals surface area (Å²) in [5, 5.41) is 1.67. The van der Waals surface area contributed by atoms with Crippen LogP contribution in [0.15, 0.2) is 83.8 Å². The number of fused-ring (bicyclic) bond motifs is 1. The second-order valence-corrected chi connectivity index (χ2v) is 13.9. The van der Waals surface area contributed by atoms with Crippen molar-refractivity contribution in [2.75, 3.05) is 39.5 Å². The van der Waals surface area contributed by atoms with Crippen LogP contribution in [-0.2, 0) is 17.0 Å². The number of alkyl halides is 3. The number of amides is 1. The molecule has 4 aromatic carbocycles. The minimum atomic E-state index is -4.58. The fourth-order valence-corrected chi connectivity index (χ4v) is 7.43. The number of nitrogens with zero attached hydrogens (tertiary/aromatic N) is 2. The molecule has 2 atom stereocenters. The summed E-state index contributed by atoms with van der Waals surface area (Å²) < 4.78 is 53.5. The van der Waals surface area contributed by atoms with E-state index in [1.54, 1.807) is 49.7 Å². The first-order chi connectivity index (χ1) is 21.4. The molecule has 5 rings (SSSR count). The molecule has 0 radical (unpaired) electrons. The lowest BCUT2D eigenvalue weighted by Gasteiger charge is -2.34. The maximum absolute atomic E-state index is 13.8. The lowest BCUT2D eigenvalue weighted by atomic mass is 9.88. The van der Waals surface area contributed by atoms with E-state index in [2.05, 4.69) is 11.0 Å². The molecular weight excluding hydrogens is 640 g/mol. The highest BCUT2D eigenvalue weighted by Crippen LogP contribution is 2.36. The Balaban J connectivity index is 1.33. The summed E-state index contributed by atoms with van der Waals surface area (Å²) in [7, 11) is 0.583. The van der Waals surface area contributed by atoms with Gasteiger partial charge in [0, 0.05) is 36.2 Å². The van der Waals surface area contributed by atoms with Crippen LogP contribution in [0.2, 0.25) is 10.0 Å². The van der Waals surface area contributed by atoms with Gasteiger partial charge < -0.3 is 9.80 Å². The predicted molar refractivity (Wildman–Crippen MR) is 177 cm³/mol. The molecule has 0 aromatic heterocycles. The van der Waals surface area contributed by atoms with Crippen LogP contribution in [-0.4, -0.2) is 59.4 Å². The molecule has 4 aromatic rings. The highest BCUT2D eigenvalue weighted by molar-refractivity contribution is 7.84. The number of likely N-dealkylation sites (N-methyl/N-ethyl adjacent to an activating group) is 1. The molecular formula is C35H35Cl2F3N2O2S. The Morgan fingerprint density at radius 2 is 1.67 bits per heavy atom. The summed E-state index contributed by atoms with van der Waals surface area (Å²) in [4.78, 5) is 18.6. The normalized spacial score (nSPS) is 16.1. The largest absolute Gasteiger partial charge is 0.416 e. The number of carbonyl (C=O) groups excluding carboxylic acids is 1. The van der Waals surface area contributed by atoms with Crippen molar-refractivity contribution >= 4 is 50.7 Å². The molecule has 0 aliphatic carbocycles. The maximum atomic E-state index is 13.8. The van der Waals surface area contributed by atoms with Gasteiger partial charge in [0.15, 0.2) is 0 Å². The SMILES string of the molecule is CN(C[C@@H](CCN1CCC(c2ccccc2[S@](C)=O)CC1)c1ccc(Cl)c(Cl)c1)C(=O)c1cc(C(F)(F)F)cc2ccccc12. The zero-order valence-corrected chi connectivity index (χ0v) is 27.4. The predicted octanol–water partition coefficient (Wildman–Crippen LogP) is 9.03. The van der Waals surface area contributed by atoms with Crippen molar-refractivity contribution in [3.8, 4) is 0 Å². The molecule has 1 fully saturated rings. The van der Waals surface area contributed by atoms with Crippen molar-refractivity contribution in [3.63, 3.8) is 0 Å². The van der Waals surface area contributed by atoms with Crippen molar-refractivity contribution in [2.45, 2.75) is 42.2 Å². The van der Waals surface area contributed by atoms with Gasteiger partial charge in [0.2, 0.25) is 0 Å². The first-order valence-electron chi connectivity index (χ1n) is 14.9. The van der Waals surface area contributed by atoms with E-state index in [9.17, 15) is 22.2 Å². The standard InChI is InChI=1S/C35H35Cl2F3N2O2S/c1-41(34(43)30-21-27(35(38,39)40)19-25-7-3-4-8-28(25)30)22-26(24-11-12-31(36)32(37)20-24)15-18-42-16-13-23(14-17-42)29-9-5-6-10-33(29)45(2)44/h3-12,19-21,23,26H,13-18,22H2,1-2H3/t26-,45+/m1/s1. The average molecular weight is 676 g/mol. The van der Waals surface area contributed by atoms with E-state index in [-0.39, 0.29) is 18.0 Å². The molecule has 1 heterocycles. The van der Waals surface area contributed by atoms with E-state index in [4.69, 9.17) is 23.2 Å². The minimum Gasteiger partial charge on any atom is -0.341 e. The molecule has 4 nitrogen and oxygen atoms in total. The fourth-order valence-electron chi connectivity index (χ4n) is 6.29. The molecule has 0 spiro atoms. The van der Waals surface area contributed by atoms with Gasteiger partial charge in [-0.05, 0) is 97.0 Å². The summed E-state index contributed by atoms with van der Waals surface area (Å²) in [6.45, 7) is 2.82. The Kier molecular flexibility index (Phi) is 10.6. The monoisotopic (exact) mass is 674 g/mol. The number of hydrogen-bond donors (Lipinski definition) is 0. The number of piperidine rings is 1. The lowest BCUT2D eigenvalue weighted by Crippen LogP contribution is -2.36. The Morgan fingerprint density at radius 3 is 2.36 bits per heavy atom. The Morgan fingerprint density at radius 1 is 0.978 bits per heavy atom. The molecule has 0 bridgehead atoms. The van der Waals surface area contributed by atoms with E-state index >= 15 is 0 Å². The smallest absolute Gasteiger partial charge is 0.341 e. The topological polar surface area (TPSA) is 40.6 Å². The second kappa shape index (κ2) is 14.2. The summed E-state index contributed by atoms with van der Waals surface area (Å²) in [5.74, 6) is -0.264. The third-order valence-corrected chi connectivity index (χ3v) is 10.5. The third kappa shape index (κ3) is 7.91. The summed E-state index contributed by atoms with van der Waals surface area (Å²) in [6, 6.07) is 22.0. The van der Waals surface area contributed by atoms with Gasteiger partial charge in [-0.15, -0.1) is 0 Å². The van der Waals surface area contributed by atoms with Crippen LogP contribution in [0, 0.1) is 0 Å². The lowest BCUT2D eigenvalue weighted by molar-refractivity contribution is -0.137. The van der Waals surface area contributed by atoms with Gasteiger partial charge >= 0.3 is 6.18 Å². The van der Waals surface area contributed by atoms with Crippen LogP contribution in [0.5, 0.6) is 0 Å². The van der Waals surface area contributed by atoms with Gasteiger partial charge in [-0.3, -0.25) is 9.00 Å². The average Bonchev–Trinajstić information content (AvgIpc) is 3.03. The molecule has 238 valence electrons. The second-order valence-electron chi connectivity index (χ2n) is 11.7. The highest BCUT2D eigenvalue weighted by atomic mass is 35.5. The molecule has 45 heavy (non-hydrogen) atoms. The Bertz CT molecular complexity index is 1710. The van der Waals surface area contributed by atoms with E-state index in [1.165, 1.54) is 4.90 Å². The molecule has 10 heteroatoms. The van der Waals surface area contributed by atoms with Crippen LogP contribution in [0.1, 0.15) is 58.1 Å². The van der Waals surface area contributed by atoms with E-state index in [0.29, 0.717) is 33.2 Å². The number of benzene rings is 4. The third-order valence-electron chi connectivity index (χ3n) is 8.73. The van der Waals surface area contributed by atoms with Crippen LogP contribution in [0.3, 0.4) is 0 Å². The summed E-state index contributed by atoms with van der Waals surface area (Å²) >= 11 is 12.6. The van der Waals surface area contributed by atoms with Crippen molar-refractivity contribution < 1.29 is 22.2 Å². The number of rotatable bonds is 9. The number of halogens is 5. The van der Waals surface area contributed by atoms with Crippen LogP contribution < -0.4 is 0 Å². The first-order valence-corrected chi connectivity index (χ1v) is 17.2. The van der Waals surface area contributed by atoms with Gasteiger partial charge in [0.1, 0.15) is 0 Å². The first kappa shape index (κ1) is 33.5. The van der Waals surface area contributed by atoms with Gasteiger partial charge in [0.25, 0.3) is 5.91 Å². The molecule has 1 saturated heterocycles. The van der Waals surface area contributed by atoms with Crippen molar-refractivity contribution in [1.82, 2.24) is 9.80 Å². The fraction of sp³-hybridized carbons (Fsp3) is 0.343. The quantitative estimate of drug-likeness (QED) is 0.178. The number of hydrogen-bond acceptors (Lipinski definition) is 3. The molecule has 1 amide bonds. The van der Waals surface area contributed by atoms with Gasteiger partial charge in [-0.2, -0.15) is 13.2 Å². The van der Waals surface area contributed by atoms with Crippen molar-refractivity contribution in [2.24, 2.45) is 0 Å². The number of carbonyl (C=O) groups is 1. The molecule has 1 aliphatic heterocycles. The zero-order valence-electron chi connectivity index (χ0n) is 25.1. The van der Waals surface area contributed by atoms with E-state index in [1.807, 2.05) is 24.3 Å². The van der Waals surface area contributed by atoms with Gasteiger partial charge in [-0.1, -0.05) is 71.7 Å². The van der Waals surface area contributed by atoms with Crippen molar-refractivity contribution in [3.05, 3.63) is 111 Å². The minimum absolute atomic E-state index is 0.0196. The Hall–Kier alpha value is -2.91. The van der Waals surface area contributed by atoms with Crippen molar-refractivity contribution in [1.29, 1.82) is 0 Å². The number of likely N-dealkylation sites (tertiary alicyclic amines) is 1. The maximum Gasteiger partial charge on any atom is 0.416 e. The van der Waals surface area contributed by atoms with Crippen LogP contribution in [0.4, 0.5) is 13.2 Å². The highest BCUT2D eigenvalue weighted by Gasteiger charge is 2.33. The van der Waals surface area contributed by atoms with E-state index in [0.717, 1.165) is 60.6 Å². The van der Waals surface area contributed by atoms with Crippen LogP contribution in [0.25, 0.3) is 10.8 Å². The van der Waals surface area contributed by atoms with E-state index < -0.39 is 28.4 Å². The van der Waals surface area contributed by atoms with Gasteiger partial charge in [-0.25, -0.2) is 0 Å². The molecule has 0 N–H and O–H groups in total. The Labute approximate surface area is 274 Å². The van der Waals surface area contributed by atoms with Crippen LogP contribution >= 0.6 is 23.2 Å². The zero-order chi connectivity index (χ0) is 32.3.